The molecule has 0 bridgehead atoms. The number of sulfonamides is 1. The summed E-state index contributed by atoms with van der Waals surface area (Å²) >= 11 is 5.57. The van der Waals surface area contributed by atoms with Gasteiger partial charge in [-0.15, -0.1) is 0 Å². The van der Waals surface area contributed by atoms with Gasteiger partial charge in [-0.2, -0.15) is 0 Å². The standard InChI is InChI=1S/C15H15ClFN3O6S/c16-11-5-10(1-2-12(11)17)27(24,25)18-4-3-13(21)19-6-9(7-19)20-14(22)8-26-15(20)23/h1-2,5,9,18H,3-4,6-8H2. The van der Waals surface area contributed by atoms with Gasteiger partial charge in [0, 0.05) is 26.1 Å². The lowest BCUT2D eigenvalue weighted by Gasteiger charge is -2.42. The van der Waals surface area contributed by atoms with Crippen LogP contribution >= 0.6 is 11.6 Å². The zero-order valence-corrected chi connectivity index (χ0v) is 15.4. The van der Waals surface area contributed by atoms with E-state index in [9.17, 15) is 27.2 Å². The largest absolute Gasteiger partial charge is 0.439 e. The van der Waals surface area contributed by atoms with Crippen molar-refractivity contribution in [3.63, 3.8) is 0 Å². The number of likely N-dealkylation sites (tertiary alicyclic amines) is 1. The van der Waals surface area contributed by atoms with E-state index in [1.165, 1.54) is 4.90 Å². The second kappa shape index (κ2) is 7.41. The predicted molar refractivity (Wildman–Crippen MR) is 89.8 cm³/mol. The molecule has 146 valence electrons. The number of amides is 3. The lowest BCUT2D eigenvalue weighted by molar-refractivity contribution is -0.141. The normalized spacial score (nSPS) is 17.9. The molecule has 27 heavy (non-hydrogen) atoms. The van der Waals surface area contributed by atoms with Crippen LogP contribution in [0, 0.1) is 5.82 Å². The zero-order chi connectivity index (χ0) is 19.8. The molecule has 0 spiro atoms. The van der Waals surface area contributed by atoms with E-state index in [-0.39, 0.29) is 48.5 Å². The van der Waals surface area contributed by atoms with Crippen LogP contribution in [0.15, 0.2) is 23.1 Å². The first-order valence-corrected chi connectivity index (χ1v) is 9.76. The molecule has 2 saturated heterocycles. The van der Waals surface area contributed by atoms with Crippen LogP contribution in [0.5, 0.6) is 0 Å². The molecule has 3 amide bonds. The van der Waals surface area contributed by atoms with Crippen LogP contribution in [-0.4, -0.2) is 68.4 Å². The number of rotatable bonds is 6. The minimum Gasteiger partial charge on any atom is -0.439 e. The van der Waals surface area contributed by atoms with Crippen LogP contribution in [0.25, 0.3) is 0 Å². The summed E-state index contributed by atoms with van der Waals surface area (Å²) in [4.78, 5) is 37.2. The Morgan fingerprint density at radius 1 is 1.33 bits per heavy atom. The summed E-state index contributed by atoms with van der Waals surface area (Å²) in [6.45, 7) is -0.0968. The van der Waals surface area contributed by atoms with Crippen molar-refractivity contribution in [2.75, 3.05) is 26.2 Å². The lowest BCUT2D eigenvalue weighted by Crippen LogP contribution is -2.62. The molecule has 3 rings (SSSR count). The Morgan fingerprint density at radius 2 is 2.04 bits per heavy atom. The summed E-state index contributed by atoms with van der Waals surface area (Å²) in [5.41, 5.74) is 0. The molecule has 9 nitrogen and oxygen atoms in total. The van der Waals surface area contributed by atoms with Crippen LogP contribution in [0.2, 0.25) is 5.02 Å². The topological polar surface area (TPSA) is 113 Å². The fourth-order valence-electron chi connectivity index (χ4n) is 2.72. The smallest absolute Gasteiger partial charge is 0.417 e. The highest BCUT2D eigenvalue weighted by atomic mass is 35.5. The van der Waals surface area contributed by atoms with Gasteiger partial charge < -0.3 is 9.64 Å². The van der Waals surface area contributed by atoms with Crippen molar-refractivity contribution >= 4 is 39.5 Å². The van der Waals surface area contributed by atoms with Crippen molar-refractivity contribution < 1.29 is 31.9 Å². The number of halogens is 2. The third kappa shape index (κ3) is 4.04. The fraction of sp³-hybridized carbons (Fsp3) is 0.400. The third-order valence-corrected chi connectivity index (χ3v) is 5.95. The number of hydrogen-bond acceptors (Lipinski definition) is 6. The number of hydrogen-bond donors (Lipinski definition) is 1. The molecule has 0 aliphatic carbocycles. The van der Waals surface area contributed by atoms with Crippen molar-refractivity contribution in [1.82, 2.24) is 14.5 Å². The molecule has 1 aromatic carbocycles. The van der Waals surface area contributed by atoms with E-state index in [1.54, 1.807) is 0 Å². The Kier molecular flexibility index (Phi) is 5.36. The Balaban J connectivity index is 1.47. The van der Waals surface area contributed by atoms with Crippen molar-refractivity contribution in [3.8, 4) is 0 Å². The second-order valence-electron chi connectivity index (χ2n) is 5.99. The van der Waals surface area contributed by atoms with Crippen LogP contribution in [0.1, 0.15) is 6.42 Å². The molecule has 0 saturated carbocycles. The first-order valence-electron chi connectivity index (χ1n) is 7.90. The summed E-state index contributed by atoms with van der Waals surface area (Å²) in [6.07, 6.45) is -0.831. The number of carbonyl (C=O) groups is 3. The molecule has 12 heteroatoms. The predicted octanol–water partition coefficient (Wildman–Crippen LogP) is 0.337. The average Bonchev–Trinajstić information content (AvgIpc) is 2.88. The summed E-state index contributed by atoms with van der Waals surface area (Å²) in [5, 5.41) is -0.324. The van der Waals surface area contributed by atoms with E-state index in [0.29, 0.717) is 0 Å². The Morgan fingerprint density at radius 3 is 2.63 bits per heavy atom. The highest BCUT2D eigenvalue weighted by Crippen LogP contribution is 2.21. The SMILES string of the molecule is O=C(CCNS(=O)(=O)c1ccc(F)c(Cl)c1)N1CC(N2C(=O)COC2=O)C1. The first kappa shape index (κ1) is 19.5. The van der Waals surface area contributed by atoms with Gasteiger partial charge in [-0.3, -0.25) is 9.59 Å². The summed E-state index contributed by atoms with van der Waals surface area (Å²) in [7, 11) is -3.93. The fourth-order valence-corrected chi connectivity index (χ4v) is 4.02. The third-order valence-electron chi connectivity index (χ3n) is 4.20. The molecule has 0 atom stereocenters. The van der Waals surface area contributed by atoms with E-state index in [4.69, 9.17) is 11.6 Å². The van der Waals surface area contributed by atoms with Gasteiger partial charge in [0.2, 0.25) is 15.9 Å². The Bertz CT molecular complexity index is 887. The van der Waals surface area contributed by atoms with Crippen molar-refractivity contribution in [3.05, 3.63) is 29.0 Å². The van der Waals surface area contributed by atoms with Crippen molar-refractivity contribution in [1.29, 1.82) is 0 Å². The minimum atomic E-state index is -3.93. The summed E-state index contributed by atoms with van der Waals surface area (Å²) in [6, 6.07) is 2.56. The molecule has 0 aromatic heterocycles. The highest BCUT2D eigenvalue weighted by Gasteiger charge is 2.44. The van der Waals surface area contributed by atoms with E-state index < -0.39 is 33.9 Å². The maximum Gasteiger partial charge on any atom is 0.417 e. The second-order valence-corrected chi connectivity index (χ2v) is 8.17. The molecule has 1 aromatic rings. The number of nitrogens with one attached hydrogen (secondary N) is 1. The maximum absolute atomic E-state index is 13.1. The van der Waals surface area contributed by atoms with Gasteiger partial charge in [0.15, 0.2) is 6.61 Å². The molecule has 2 aliphatic rings. The quantitative estimate of drug-likeness (QED) is 0.711. The zero-order valence-electron chi connectivity index (χ0n) is 13.9. The molecule has 0 unspecified atom stereocenters. The number of nitrogens with zero attached hydrogens (tertiary/aromatic N) is 2. The van der Waals surface area contributed by atoms with Gasteiger partial charge in [-0.1, -0.05) is 11.6 Å². The number of ether oxygens (including phenoxy) is 1. The van der Waals surface area contributed by atoms with Crippen LogP contribution in [0.4, 0.5) is 9.18 Å². The highest BCUT2D eigenvalue weighted by molar-refractivity contribution is 7.89. The van der Waals surface area contributed by atoms with E-state index in [0.717, 1.165) is 23.1 Å². The van der Waals surface area contributed by atoms with E-state index in [2.05, 4.69) is 9.46 Å². The number of imide groups is 1. The Labute approximate surface area is 159 Å². The average molecular weight is 420 g/mol. The van der Waals surface area contributed by atoms with Gasteiger partial charge in [-0.25, -0.2) is 27.2 Å². The molecule has 2 heterocycles. The summed E-state index contributed by atoms with van der Waals surface area (Å²) in [5.74, 6) is -1.51. The number of benzene rings is 1. The van der Waals surface area contributed by atoms with Gasteiger partial charge in [0.1, 0.15) is 5.82 Å². The van der Waals surface area contributed by atoms with E-state index in [1.807, 2.05) is 0 Å². The van der Waals surface area contributed by atoms with Crippen LogP contribution < -0.4 is 4.72 Å². The van der Waals surface area contributed by atoms with E-state index >= 15 is 0 Å². The molecule has 2 aliphatic heterocycles. The van der Waals surface area contributed by atoms with Crippen LogP contribution in [0.3, 0.4) is 0 Å². The molecular formula is C15H15ClFN3O6S. The van der Waals surface area contributed by atoms with Gasteiger partial charge >= 0.3 is 6.09 Å². The first-order chi connectivity index (χ1) is 12.7. The minimum absolute atomic E-state index is 0.112. The summed E-state index contributed by atoms with van der Waals surface area (Å²) < 4.78 is 44.2. The van der Waals surface area contributed by atoms with Crippen molar-refractivity contribution in [2.45, 2.75) is 17.4 Å². The van der Waals surface area contributed by atoms with Gasteiger partial charge in [-0.05, 0) is 18.2 Å². The monoisotopic (exact) mass is 419 g/mol. The van der Waals surface area contributed by atoms with Gasteiger partial charge in [0.25, 0.3) is 5.91 Å². The Hall–Kier alpha value is -2.24. The lowest BCUT2D eigenvalue weighted by atomic mass is 10.1. The van der Waals surface area contributed by atoms with Crippen molar-refractivity contribution in [2.24, 2.45) is 0 Å². The van der Waals surface area contributed by atoms with Gasteiger partial charge in [0.05, 0.1) is 16.0 Å². The number of carbonyl (C=O) groups excluding carboxylic acids is 3. The molecule has 1 N–H and O–H groups in total. The molecule has 0 radical (unpaired) electrons. The molecular weight excluding hydrogens is 405 g/mol. The number of cyclic esters (lactones) is 1. The maximum atomic E-state index is 13.1. The molecule has 2 fully saturated rings. The van der Waals surface area contributed by atoms with Crippen LogP contribution in [-0.2, 0) is 24.3 Å².